The fourth-order valence-electron chi connectivity index (χ4n) is 3.06. The van der Waals surface area contributed by atoms with Crippen molar-refractivity contribution in [3.63, 3.8) is 0 Å². The van der Waals surface area contributed by atoms with Crippen molar-refractivity contribution < 1.29 is 40.8 Å². The van der Waals surface area contributed by atoms with Crippen molar-refractivity contribution in [1.29, 1.82) is 0 Å². The molecule has 0 amide bonds. The highest BCUT2D eigenvalue weighted by atomic mass is 79.9. The second-order valence-corrected chi connectivity index (χ2v) is 8.13. The lowest BCUT2D eigenvalue weighted by molar-refractivity contribution is -0.891. The summed E-state index contributed by atoms with van der Waals surface area (Å²) in [6.07, 6.45) is 13.9. The van der Waals surface area contributed by atoms with Gasteiger partial charge in [-0.2, -0.15) is 0 Å². The minimum atomic E-state index is 0. The van der Waals surface area contributed by atoms with Crippen LogP contribution in [0.2, 0.25) is 0 Å². The van der Waals surface area contributed by atoms with Gasteiger partial charge in [0.2, 0.25) is 0 Å². The first-order valence-electron chi connectivity index (χ1n) is 11.3. The summed E-state index contributed by atoms with van der Waals surface area (Å²) in [5.41, 5.74) is 0. The molecule has 28 heavy (non-hydrogen) atoms. The number of hydrogen-bond acceptors (Lipinski definition) is 4. The maximum Gasteiger partial charge on any atom is 0.102 e. The average molecular weight is 471 g/mol. The lowest BCUT2D eigenvalue weighted by atomic mass is 10.1. The first-order chi connectivity index (χ1) is 13.1. The van der Waals surface area contributed by atoms with Gasteiger partial charge in [-0.15, -0.1) is 0 Å². The highest BCUT2D eigenvalue weighted by Crippen LogP contribution is 2.11. The Balaban J connectivity index is 0. The number of quaternary nitrogens is 1. The van der Waals surface area contributed by atoms with Gasteiger partial charge in [-0.05, 0) is 12.8 Å². The van der Waals surface area contributed by atoms with Crippen molar-refractivity contribution in [2.75, 3.05) is 73.4 Å². The smallest absolute Gasteiger partial charge is 0.102 e. The van der Waals surface area contributed by atoms with Crippen LogP contribution in [0.5, 0.6) is 0 Å². The first kappa shape index (κ1) is 30.5. The van der Waals surface area contributed by atoms with E-state index < -0.39 is 0 Å². The van der Waals surface area contributed by atoms with E-state index in [1.165, 1.54) is 70.8 Å². The van der Waals surface area contributed by atoms with E-state index in [-0.39, 0.29) is 23.6 Å². The molecule has 0 aromatic rings. The Morgan fingerprint density at radius 2 is 1.00 bits per heavy atom. The van der Waals surface area contributed by atoms with E-state index in [0.29, 0.717) is 33.0 Å². The molecule has 0 fully saturated rings. The number of aliphatic hydroxyl groups is 1. The van der Waals surface area contributed by atoms with Crippen LogP contribution in [-0.4, -0.2) is 83.0 Å². The number of rotatable bonds is 22. The SMILES string of the molecule is CCCCCCCCCCCC[N+](C)(C)CCOCCOCCOCCO.[Br-]. The molecule has 5 nitrogen and oxygen atoms in total. The molecule has 0 aromatic heterocycles. The largest absolute Gasteiger partial charge is 1.00 e. The molecule has 0 rings (SSSR count). The fraction of sp³-hybridized carbons (Fsp3) is 1.00. The molecule has 0 spiro atoms. The summed E-state index contributed by atoms with van der Waals surface area (Å²) in [7, 11) is 4.60. The Kier molecular flexibility index (Phi) is 25.6. The molecule has 0 atom stereocenters. The molecule has 1 N–H and O–H groups in total. The van der Waals surface area contributed by atoms with Crippen molar-refractivity contribution in [3.05, 3.63) is 0 Å². The summed E-state index contributed by atoms with van der Waals surface area (Å²) in [4.78, 5) is 0. The summed E-state index contributed by atoms with van der Waals surface area (Å²) in [5.74, 6) is 0. The summed E-state index contributed by atoms with van der Waals surface area (Å²) in [6, 6.07) is 0. The highest BCUT2D eigenvalue weighted by molar-refractivity contribution is 4.48. The minimum absolute atomic E-state index is 0. The summed E-state index contributed by atoms with van der Waals surface area (Å²) < 4.78 is 17.2. The molecule has 0 aliphatic rings. The molecular formula is C22H48BrNO4. The second kappa shape index (κ2) is 23.6. The third-order valence-electron chi connectivity index (χ3n) is 4.94. The first-order valence-corrected chi connectivity index (χ1v) is 11.3. The predicted molar refractivity (Wildman–Crippen MR) is 113 cm³/mol. The predicted octanol–water partition coefficient (Wildman–Crippen LogP) is 1.03. The van der Waals surface area contributed by atoms with E-state index >= 15 is 0 Å². The van der Waals surface area contributed by atoms with E-state index in [4.69, 9.17) is 19.3 Å². The van der Waals surface area contributed by atoms with E-state index in [0.717, 1.165) is 17.6 Å². The van der Waals surface area contributed by atoms with Crippen molar-refractivity contribution in [2.24, 2.45) is 0 Å². The standard InChI is InChI=1S/C22H48NO4.BrH/c1-4-5-6-7-8-9-10-11-12-13-14-23(2,3)15-17-25-19-21-27-22-20-26-18-16-24;/h24H,4-22H2,1-3H3;1H/q+1;/p-1. The zero-order chi connectivity index (χ0) is 20.1. The maximum atomic E-state index is 8.58. The van der Waals surface area contributed by atoms with Gasteiger partial charge < -0.3 is 40.8 Å². The van der Waals surface area contributed by atoms with E-state index in [1.54, 1.807) is 0 Å². The lowest BCUT2D eigenvalue weighted by Crippen LogP contribution is -3.00. The Morgan fingerprint density at radius 1 is 0.571 bits per heavy atom. The third kappa shape index (κ3) is 24.3. The van der Waals surface area contributed by atoms with Crippen LogP contribution in [0.3, 0.4) is 0 Å². The number of halogens is 1. The molecule has 0 radical (unpaired) electrons. The molecule has 0 unspecified atom stereocenters. The maximum absolute atomic E-state index is 8.58. The quantitative estimate of drug-likeness (QED) is 0.190. The molecule has 0 aliphatic carbocycles. The normalized spacial score (nSPS) is 11.6. The van der Waals surface area contributed by atoms with Crippen molar-refractivity contribution >= 4 is 0 Å². The van der Waals surface area contributed by atoms with Crippen LogP contribution >= 0.6 is 0 Å². The molecule has 6 heteroatoms. The average Bonchev–Trinajstić information content (AvgIpc) is 2.64. The third-order valence-corrected chi connectivity index (χ3v) is 4.94. The van der Waals surface area contributed by atoms with Crippen molar-refractivity contribution in [2.45, 2.75) is 71.1 Å². The van der Waals surface area contributed by atoms with Crippen molar-refractivity contribution in [3.8, 4) is 0 Å². The minimum Gasteiger partial charge on any atom is -1.00 e. The van der Waals surface area contributed by atoms with Crippen molar-refractivity contribution in [1.82, 2.24) is 0 Å². The fourth-order valence-corrected chi connectivity index (χ4v) is 3.06. The van der Waals surface area contributed by atoms with Gasteiger partial charge in [0, 0.05) is 0 Å². The Morgan fingerprint density at radius 3 is 1.50 bits per heavy atom. The van der Waals surface area contributed by atoms with Gasteiger partial charge >= 0.3 is 0 Å². The van der Waals surface area contributed by atoms with Crippen LogP contribution in [0.1, 0.15) is 71.1 Å². The zero-order valence-electron chi connectivity index (χ0n) is 18.9. The van der Waals surface area contributed by atoms with Crippen LogP contribution in [0, 0.1) is 0 Å². The van der Waals surface area contributed by atoms with Crippen LogP contribution in [0.15, 0.2) is 0 Å². The van der Waals surface area contributed by atoms with Crippen LogP contribution in [-0.2, 0) is 14.2 Å². The summed E-state index contributed by atoms with van der Waals surface area (Å²) in [6.45, 7) is 8.13. The van der Waals surface area contributed by atoms with E-state index in [1.807, 2.05) is 0 Å². The Hall–Kier alpha value is 0.280. The summed E-state index contributed by atoms with van der Waals surface area (Å²) >= 11 is 0. The number of likely N-dealkylation sites (N-methyl/N-ethyl adjacent to an activating group) is 1. The van der Waals surface area contributed by atoms with Gasteiger partial charge in [0.1, 0.15) is 6.54 Å². The Bertz CT molecular complexity index is 268. The number of nitrogens with zero attached hydrogens (tertiary/aromatic N) is 1. The number of ether oxygens (including phenoxy) is 3. The van der Waals surface area contributed by atoms with Crippen LogP contribution in [0.4, 0.5) is 0 Å². The molecular weight excluding hydrogens is 422 g/mol. The Labute approximate surface area is 185 Å². The van der Waals surface area contributed by atoms with E-state index in [9.17, 15) is 0 Å². The van der Waals surface area contributed by atoms with Gasteiger partial charge in [-0.1, -0.05) is 58.3 Å². The van der Waals surface area contributed by atoms with Gasteiger partial charge in [-0.3, -0.25) is 0 Å². The molecule has 0 saturated carbocycles. The van der Waals surface area contributed by atoms with Gasteiger partial charge in [-0.25, -0.2) is 0 Å². The molecule has 0 aliphatic heterocycles. The number of aliphatic hydroxyl groups excluding tert-OH is 1. The monoisotopic (exact) mass is 469 g/mol. The summed E-state index contributed by atoms with van der Waals surface area (Å²) in [5, 5.41) is 8.58. The number of hydrogen-bond donors (Lipinski definition) is 1. The number of unbranched alkanes of at least 4 members (excludes halogenated alkanes) is 9. The topological polar surface area (TPSA) is 47.9 Å². The molecule has 0 saturated heterocycles. The molecule has 0 bridgehead atoms. The van der Waals surface area contributed by atoms with Gasteiger partial charge in [0.05, 0.1) is 66.9 Å². The van der Waals surface area contributed by atoms with Gasteiger partial charge in [0.15, 0.2) is 0 Å². The highest BCUT2D eigenvalue weighted by Gasteiger charge is 2.13. The zero-order valence-corrected chi connectivity index (χ0v) is 20.5. The molecule has 0 aromatic carbocycles. The van der Waals surface area contributed by atoms with Crippen LogP contribution in [0.25, 0.3) is 0 Å². The van der Waals surface area contributed by atoms with Gasteiger partial charge in [0.25, 0.3) is 0 Å². The molecule has 0 heterocycles. The van der Waals surface area contributed by atoms with E-state index in [2.05, 4.69) is 21.0 Å². The lowest BCUT2D eigenvalue weighted by Gasteiger charge is -2.29. The van der Waals surface area contributed by atoms with Crippen LogP contribution < -0.4 is 17.0 Å². The second-order valence-electron chi connectivity index (χ2n) is 8.13. The molecule has 172 valence electrons.